The van der Waals surface area contributed by atoms with Crippen LogP contribution in [-0.2, 0) is 0 Å². The summed E-state index contributed by atoms with van der Waals surface area (Å²) in [6, 6.07) is 0. The van der Waals surface area contributed by atoms with Crippen LogP contribution in [0, 0.1) is 0 Å². The summed E-state index contributed by atoms with van der Waals surface area (Å²) in [6.07, 6.45) is 8.56. The van der Waals surface area contributed by atoms with Gasteiger partial charge in [-0.25, -0.2) is 0 Å². The summed E-state index contributed by atoms with van der Waals surface area (Å²) in [4.78, 5) is 0. The molecule has 0 atom stereocenters. The molecule has 0 spiro atoms. The van der Waals surface area contributed by atoms with Crippen LogP contribution in [-0.4, -0.2) is 9.36 Å². The molecule has 0 saturated carbocycles. The summed E-state index contributed by atoms with van der Waals surface area (Å²) in [5.74, 6) is 0. The molecule has 0 bridgehead atoms. The molecular formula is C12H27I2Sb. The number of hydrogen-bond acceptors (Lipinski definition) is 0. The molecule has 0 rings (SSSR count). The van der Waals surface area contributed by atoms with Crippen LogP contribution >= 0.6 is 37.0 Å². The van der Waals surface area contributed by atoms with Gasteiger partial charge in [-0.05, 0) is 0 Å². The molecule has 0 unspecified atom stereocenters. The van der Waals surface area contributed by atoms with E-state index in [9.17, 15) is 0 Å². The molecule has 0 aromatic heterocycles. The Morgan fingerprint density at radius 3 is 1.13 bits per heavy atom. The van der Waals surface area contributed by atoms with Gasteiger partial charge in [0.1, 0.15) is 0 Å². The molecule has 0 amide bonds. The van der Waals surface area contributed by atoms with Crippen LogP contribution in [0.2, 0.25) is 13.1 Å². The second-order valence-corrected chi connectivity index (χ2v) is 63.1. The molecule has 0 aliphatic rings. The van der Waals surface area contributed by atoms with E-state index >= 15 is 0 Å². The fourth-order valence-electron chi connectivity index (χ4n) is 1.84. The Balaban J connectivity index is 4.33. The Morgan fingerprint density at radius 1 is 0.667 bits per heavy atom. The third-order valence-corrected chi connectivity index (χ3v) is 33.4. The molecule has 94 valence electrons. The second kappa shape index (κ2) is 8.39. The van der Waals surface area contributed by atoms with Gasteiger partial charge >= 0.3 is 119 Å². The fraction of sp³-hybridized carbons (Fsp3) is 1.00. The van der Waals surface area contributed by atoms with Gasteiger partial charge in [0.25, 0.3) is 0 Å². The van der Waals surface area contributed by atoms with Gasteiger partial charge in [0, 0.05) is 0 Å². The summed E-state index contributed by atoms with van der Waals surface area (Å²) >= 11 is 5.93. The maximum absolute atomic E-state index is 2.97. The van der Waals surface area contributed by atoms with Crippen LogP contribution in [0.5, 0.6) is 0 Å². The predicted molar refractivity (Wildman–Crippen MR) is 92.9 cm³/mol. The minimum atomic E-state index is -2.17. The van der Waals surface area contributed by atoms with Crippen molar-refractivity contribution in [3.05, 3.63) is 0 Å². The van der Waals surface area contributed by atoms with Crippen LogP contribution in [0.15, 0.2) is 0 Å². The zero-order valence-electron chi connectivity index (χ0n) is 10.6. The van der Waals surface area contributed by atoms with Crippen LogP contribution in [0.1, 0.15) is 59.3 Å². The van der Waals surface area contributed by atoms with E-state index < -0.39 is 9.36 Å². The van der Waals surface area contributed by atoms with E-state index in [1.807, 2.05) is 0 Å². The molecule has 3 heteroatoms. The van der Waals surface area contributed by atoms with Crippen molar-refractivity contribution < 1.29 is 0 Å². The first kappa shape index (κ1) is 17.3. The van der Waals surface area contributed by atoms with E-state index in [0.29, 0.717) is 0 Å². The number of hydrogen-bond donors (Lipinski definition) is 0. The first-order chi connectivity index (χ1) is 6.96. The second-order valence-electron chi connectivity index (χ2n) is 4.68. The van der Waals surface area contributed by atoms with Gasteiger partial charge in [-0.1, -0.05) is 0 Å². The van der Waals surface area contributed by atoms with Crippen molar-refractivity contribution >= 4 is 46.4 Å². The number of halogens is 2. The Labute approximate surface area is 117 Å². The van der Waals surface area contributed by atoms with E-state index in [2.05, 4.69) is 57.8 Å². The van der Waals surface area contributed by atoms with Crippen LogP contribution < -0.4 is 0 Å². The van der Waals surface area contributed by atoms with Gasteiger partial charge in [-0.3, -0.25) is 0 Å². The maximum atomic E-state index is 2.97. The molecule has 0 radical (unpaired) electrons. The van der Waals surface area contributed by atoms with Crippen LogP contribution in [0.25, 0.3) is 0 Å². The molecular weight excluding hydrogens is 520 g/mol. The molecule has 0 N–H and O–H groups in total. The Kier molecular flexibility index (Phi) is 9.67. The molecule has 0 heterocycles. The molecule has 0 aromatic rings. The van der Waals surface area contributed by atoms with Gasteiger partial charge in [0.15, 0.2) is 0 Å². The summed E-state index contributed by atoms with van der Waals surface area (Å²) < 4.78 is 4.76. The zero-order chi connectivity index (χ0) is 11.8. The number of unbranched alkanes of at least 4 members (excludes halogenated alkanes) is 3. The van der Waals surface area contributed by atoms with Crippen molar-refractivity contribution in [2.24, 2.45) is 0 Å². The van der Waals surface area contributed by atoms with Gasteiger partial charge in [0.05, 0.1) is 0 Å². The van der Waals surface area contributed by atoms with Gasteiger partial charge in [-0.15, -0.1) is 0 Å². The van der Waals surface area contributed by atoms with Crippen molar-refractivity contribution in [3.8, 4) is 0 Å². The van der Waals surface area contributed by atoms with Crippen LogP contribution in [0.4, 0.5) is 0 Å². The van der Waals surface area contributed by atoms with Crippen molar-refractivity contribution in [2.75, 3.05) is 0 Å². The predicted octanol–water partition coefficient (Wildman–Crippen LogP) is 6.65. The zero-order valence-corrected chi connectivity index (χ0v) is 17.4. The van der Waals surface area contributed by atoms with E-state index in [1.54, 1.807) is 13.1 Å². The monoisotopic (exact) mass is 546 g/mol. The van der Waals surface area contributed by atoms with Crippen molar-refractivity contribution in [1.29, 1.82) is 0 Å². The fourth-order valence-corrected chi connectivity index (χ4v) is 26.1. The SMILES string of the molecule is CCC[CH2][Sb]([I])([I])([CH2]CCC)[CH2]CCC. The van der Waals surface area contributed by atoms with Crippen molar-refractivity contribution in [2.45, 2.75) is 72.4 Å². The van der Waals surface area contributed by atoms with E-state index in [1.165, 1.54) is 38.5 Å². The molecule has 0 fully saturated rings. The summed E-state index contributed by atoms with van der Waals surface area (Å²) in [5.41, 5.74) is 0. The standard InChI is InChI=1S/3C4H9.2HI.Sb/c3*1-3-4-2;;;/h3*1,3-4H2,2H3;2*1H;/q;;;;;+2/p-2. The first-order valence-corrected chi connectivity index (χ1v) is 26.7. The summed E-state index contributed by atoms with van der Waals surface area (Å²) in [6.45, 7) is 7.00. The van der Waals surface area contributed by atoms with E-state index in [4.69, 9.17) is 0 Å². The quantitative estimate of drug-likeness (QED) is 0.224. The Bertz CT molecular complexity index is 140. The Morgan fingerprint density at radius 2 is 0.933 bits per heavy atom. The summed E-state index contributed by atoms with van der Waals surface area (Å²) in [7, 11) is -2.17. The van der Waals surface area contributed by atoms with Gasteiger partial charge in [0.2, 0.25) is 0 Å². The van der Waals surface area contributed by atoms with Crippen LogP contribution in [0.3, 0.4) is 0 Å². The first-order valence-electron chi connectivity index (χ1n) is 6.41. The molecule has 0 aliphatic heterocycles. The molecule has 15 heavy (non-hydrogen) atoms. The molecule has 0 aromatic carbocycles. The molecule has 0 nitrogen and oxygen atoms in total. The van der Waals surface area contributed by atoms with Gasteiger partial charge in [-0.2, -0.15) is 0 Å². The van der Waals surface area contributed by atoms with Crippen molar-refractivity contribution in [3.63, 3.8) is 0 Å². The van der Waals surface area contributed by atoms with Crippen molar-refractivity contribution in [1.82, 2.24) is 0 Å². The topological polar surface area (TPSA) is 0 Å². The van der Waals surface area contributed by atoms with E-state index in [0.717, 1.165) is 0 Å². The Hall–Kier alpha value is 2.28. The third kappa shape index (κ3) is 8.07. The average Bonchev–Trinajstić information content (AvgIpc) is 2.22. The number of rotatable bonds is 9. The van der Waals surface area contributed by atoms with Gasteiger partial charge < -0.3 is 0 Å². The molecule has 0 saturated heterocycles. The molecule has 0 aliphatic carbocycles. The van der Waals surface area contributed by atoms with E-state index in [-0.39, 0.29) is 0 Å². The third-order valence-electron chi connectivity index (χ3n) is 2.99. The summed E-state index contributed by atoms with van der Waals surface area (Å²) in [5, 5.41) is 0. The average molecular weight is 547 g/mol. The normalized spacial score (nSPS) is 14.9. The minimum absolute atomic E-state index is 1.38.